The fourth-order valence-corrected chi connectivity index (χ4v) is 2.33. The molecule has 0 unspecified atom stereocenters. The first-order valence-electron chi connectivity index (χ1n) is 6.13. The highest BCUT2D eigenvalue weighted by atomic mass is 16.4. The highest BCUT2D eigenvalue weighted by Gasteiger charge is 2.31. The molecule has 1 N–H and O–H groups in total. The fraction of sp³-hybridized carbons (Fsp3) is 0.615. The molecule has 1 aliphatic rings. The van der Waals surface area contributed by atoms with Gasteiger partial charge in [0.2, 0.25) is 0 Å². The van der Waals surface area contributed by atoms with E-state index in [1.165, 1.54) is 12.3 Å². The second kappa shape index (κ2) is 4.74. The predicted octanol–water partition coefficient (Wildman–Crippen LogP) is 1.50. The molecule has 0 spiro atoms. The molecule has 1 aliphatic heterocycles. The van der Waals surface area contributed by atoms with Gasteiger partial charge in [-0.2, -0.15) is 0 Å². The van der Waals surface area contributed by atoms with Crippen molar-refractivity contribution in [3.8, 4) is 0 Å². The Bertz CT molecular complexity index is 439. The van der Waals surface area contributed by atoms with Crippen LogP contribution in [0.5, 0.6) is 0 Å². The van der Waals surface area contributed by atoms with Gasteiger partial charge in [-0.1, -0.05) is 0 Å². The maximum absolute atomic E-state index is 11.0. The van der Waals surface area contributed by atoms with Gasteiger partial charge in [0.05, 0.1) is 12.8 Å². The van der Waals surface area contributed by atoms with Gasteiger partial charge in [-0.25, -0.2) is 4.79 Å². The van der Waals surface area contributed by atoms with Gasteiger partial charge in [-0.05, 0) is 27.0 Å². The minimum absolute atomic E-state index is 0.105. The highest BCUT2D eigenvalue weighted by molar-refractivity contribution is 5.88. The van der Waals surface area contributed by atoms with Crippen LogP contribution in [0.3, 0.4) is 0 Å². The van der Waals surface area contributed by atoms with Crippen molar-refractivity contribution in [3.05, 3.63) is 23.7 Å². The van der Waals surface area contributed by atoms with Crippen molar-refractivity contribution in [3.63, 3.8) is 0 Å². The summed E-state index contributed by atoms with van der Waals surface area (Å²) in [5, 5.41) is 9.04. The molecule has 100 valence electrons. The number of nitrogens with zero attached hydrogens (tertiary/aromatic N) is 2. The Hall–Kier alpha value is -1.33. The van der Waals surface area contributed by atoms with Crippen molar-refractivity contribution in [1.29, 1.82) is 0 Å². The van der Waals surface area contributed by atoms with Gasteiger partial charge in [0.25, 0.3) is 0 Å². The Kier molecular flexibility index (Phi) is 3.45. The van der Waals surface area contributed by atoms with Crippen LogP contribution in [0, 0.1) is 0 Å². The van der Waals surface area contributed by atoms with Gasteiger partial charge in [-0.3, -0.25) is 9.80 Å². The number of aromatic carboxylic acids is 1. The Morgan fingerprint density at radius 1 is 1.50 bits per heavy atom. The van der Waals surface area contributed by atoms with Crippen molar-refractivity contribution in [2.75, 3.05) is 26.7 Å². The van der Waals surface area contributed by atoms with Crippen LogP contribution in [0.4, 0.5) is 0 Å². The van der Waals surface area contributed by atoms with Crippen molar-refractivity contribution >= 4 is 5.97 Å². The predicted molar refractivity (Wildman–Crippen MR) is 67.7 cm³/mol. The number of rotatable bonds is 3. The van der Waals surface area contributed by atoms with Crippen LogP contribution < -0.4 is 0 Å². The minimum atomic E-state index is -0.924. The van der Waals surface area contributed by atoms with Crippen LogP contribution in [-0.2, 0) is 6.54 Å². The van der Waals surface area contributed by atoms with Crippen molar-refractivity contribution in [2.24, 2.45) is 0 Å². The van der Waals surface area contributed by atoms with E-state index < -0.39 is 5.97 Å². The minimum Gasteiger partial charge on any atom is -0.478 e. The number of hydrogen-bond donors (Lipinski definition) is 1. The number of carboxylic acid groups (broad SMARTS) is 1. The Labute approximate surface area is 107 Å². The smallest absolute Gasteiger partial charge is 0.339 e. The monoisotopic (exact) mass is 252 g/mol. The van der Waals surface area contributed by atoms with Crippen molar-refractivity contribution in [2.45, 2.75) is 25.9 Å². The molecule has 1 aromatic heterocycles. The van der Waals surface area contributed by atoms with Crippen LogP contribution in [0.15, 0.2) is 16.7 Å². The lowest BCUT2D eigenvalue weighted by Gasteiger charge is -2.45. The number of carbonyl (C=O) groups is 1. The lowest BCUT2D eigenvalue weighted by molar-refractivity contribution is 0.0324. The van der Waals surface area contributed by atoms with Crippen molar-refractivity contribution < 1.29 is 14.3 Å². The fourth-order valence-electron chi connectivity index (χ4n) is 2.33. The third-order valence-electron chi connectivity index (χ3n) is 3.74. The SMILES string of the molecule is CN1CCN(Cc2occc2C(=O)O)CC1(C)C. The lowest BCUT2D eigenvalue weighted by atomic mass is 9.99. The maximum atomic E-state index is 11.0. The maximum Gasteiger partial charge on any atom is 0.339 e. The van der Waals surface area contributed by atoms with Crippen molar-refractivity contribution in [1.82, 2.24) is 9.80 Å². The molecule has 5 nitrogen and oxygen atoms in total. The molecule has 0 aliphatic carbocycles. The third kappa shape index (κ3) is 2.57. The quantitative estimate of drug-likeness (QED) is 0.883. The van der Waals surface area contributed by atoms with E-state index in [2.05, 4.69) is 30.7 Å². The average Bonchev–Trinajstić information content (AvgIpc) is 2.71. The first kappa shape index (κ1) is 13.1. The van der Waals surface area contributed by atoms with E-state index in [4.69, 9.17) is 9.52 Å². The standard InChI is InChI=1S/C13H20N2O3/c1-13(2)9-15(6-5-14(13)3)8-11-10(12(16)17)4-7-18-11/h4,7H,5-6,8-9H2,1-3H3,(H,16,17). The molecule has 0 amide bonds. The number of furan rings is 1. The number of hydrogen-bond acceptors (Lipinski definition) is 4. The van der Waals surface area contributed by atoms with E-state index >= 15 is 0 Å². The first-order chi connectivity index (χ1) is 8.40. The molecule has 18 heavy (non-hydrogen) atoms. The lowest BCUT2D eigenvalue weighted by Crippen LogP contribution is -2.57. The van der Waals surface area contributed by atoms with Crippen LogP contribution in [0.25, 0.3) is 0 Å². The average molecular weight is 252 g/mol. The highest BCUT2D eigenvalue weighted by Crippen LogP contribution is 2.21. The molecule has 5 heteroatoms. The van der Waals surface area contributed by atoms with E-state index in [9.17, 15) is 4.79 Å². The number of likely N-dealkylation sites (N-methyl/N-ethyl adjacent to an activating group) is 1. The normalized spacial score (nSPS) is 21.1. The zero-order valence-corrected chi connectivity index (χ0v) is 11.1. The Morgan fingerprint density at radius 2 is 2.22 bits per heavy atom. The van der Waals surface area contributed by atoms with E-state index in [-0.39, 0.29) is 11.1 Å². The van der Waals surface area contributed by atoms with Gasteiger partial charge in [0, 0.05) is 25.2 Å². The second-order valence-corrected chi connectivity index (χ2v) is 5.51. The topological polar surface area (TPSA) is 56.9 Å². The zero-order valence-electron chi connectivity index (χ0n) is 11.1. The van der Waals surface area contributed by atoms with Crippen LogP contribution in [0.2, 0.25) is 0 Å². The summed E-state index contributed by atoms with van der Waals surface area (Å²) in [4.78, 5) is 15.6. The molecule has 0 radical (unpaired) electrons. The van der Waals surface area contributed by atoms with Crippen LogP contribution >= 0.6 is 0 Å². The first-order valence-corrected chi connectivity index (χ1v) is 6.13. The summed E-state index contributed by atoms with van der Waals surface area (Å²) in [6.45, 7) is 7.77. The summed E-state index contributed by atoms with van der Waals surface area (Å²) in [5.41, 5.74) is 0.376. The molecule has 1 fully saturated rings. The van der Waals surface area contributed by atoms with E-state index in [1.54, 1.807) is 0 Å². The third-order valence-corrected chi connectivity index (χ3v) is 3.74. The summed E-state index contributed by atoms with van der Waals surface area (Å²) in [7, 11) is 2.12. The van der Waals surface area contributed by atoms with Gasteiger partial charge in [0.1, 0.15) is 11.3 Å². The molecule has 0 atom stereocenters. The van der Waals surface area contributed by atoms with Gasteiger partial charge in [-0.15, -0.1) is 0 Å². The summed E-state index contributed by atoms with van der Waals surface area (Å²) in [6.07, 6.45) is 1.44. The second-order valence-electron chi connectivity index (χ2n) is 5.51. The zero-order chi connectivity index (χ0) is 13.3. The summed E-state index contributed by atoms with van der Waals surface area (Å²) in [5.74, 6) is -0.380. The molecule has 0 saturated carbocycles. The largest absolute Gasteiger partial charge is 0.478 e. The molecule has 1 aromatic rings. The number of piperazine rings is 1. The Morgan fingerprint density at radius 3 is 2.83 bits per heavy atom. The van der Waals surface area contributed by atoms with Gasteiger partial charge >= 0.3 is 5.97 Å². The molecule has 0 bridgehead atoms. The van der Waals surface area contributed by atoms with Crippen LogP contribution in [0.1, 0.15) is 30.0 Å². The molecular weight excluding hydrogens is 232 g/mol. The van der Waals surface area contributed by atoms with Crippen LogP contribution in [-0.4, -0.2) is 53.1 Å². The summed E-state index contributed by atoms with van der Waals surface area (Å²) in [6, 6.07) is 1.51. The molecule has 0 aromatic carbocycles. The Balaban J connectivity index is 2.06. The van der Waals surface area contributed by atoms with E-state index in [1.807, 2.05) is 0 Å². The molecule has 1 saturated heterocycles. The van der Waals surface area contributed by atoms with E-state index in [0.717, 1.165) is 19.6 Å². The van der Waals surface area contributed by atoms with Gasteiger partial charge in [0.15, 0.2) is 0 Å². The molecule has 2 heterocycles. The van der Waals surface area contributed by atoms with Gasteiger partial charge < -0.3 is 9.52 Å². The summed E-state index contributed by atoms with van der Waals surface area (Å²) < 4.78 is 5.29. The molecular formula is C13H20N2O3. The van der Waals surface area contributed by atoms with E-state index in [0.29, 0.717) is 12.3 Å². The number of carboxylic acids is 1. The summed E-state index contributed by atoms with van der Waals surface area (Å²) >= 11 is 0. The molecule has 2 rings (SSSR count).